The summed E-state index contributed by atoms with van der Waals surface area (Å²) in [6, 6.07) is 6.84. The second kappa shape index (κ2) is 9.48. The number of carbonyl (C=O) groups excluding carboxylic acids is 1. The van der Waals surface area contributed by atoms with Gasteiger partial charge in [0.05, 0.1) is 17.2 Å². The van der Waals surface area contributed by atoms with E-state index in [1.54, 1.807) is 18.2 Å². The number of amides is 1. The van der Waals surface area contributed by atoms with Gasteiger partial charge in [-0.2, -0.15) is 0 Å². The van der Waals surface area contributed by atoms with Crippen LogP contribution in [0.4, 0.5) is 0 Å². The van der Waals surface area contributed by atoms with Crippen molar-refractivity contribution in [2.75, 3.05) is 0 Å². The van der Waals surface area contributed by atoms with Crippen molar-refractivity contribution in [2.24, 2.45) is 5.92 Å². The third-order valence-electron chi connectivity index (χ3n) is 5.46. The molecule has 1 aliphatic carbocycles. The molecule has 0 spiro atoms. The number of carbonyl (C=O) groups is 2. The van der Waals surface area contributed by atoms with Crippen LogP contribution in [0, 0.1) is 5.92 Å². The Morgan fingerprint density at radius 2 is 1.96 bits per heavy atom. The van der Waals surface area contributed by atoms with Crippen molar-refractivity contribution in [3.8, 4) is 0 Å². The molecule has 3 rings (SSSR count). The van der Waals surface area contributed by atoms with E-state index in [9.17, 15) is 14.4 Å². The number of fused-ring (bicyclic) bond motifs is 1. The van der Waals surface area contributed by atoms with Crippen molar-refractivity contribution in [3.05, 3.63) is 40.9 Å². The van der Waals surface area contributed by atoms with Gasteiger partial charge in [-0.1, -0.05) is 44.2 Å². The molecule has 1 atom stereocenters. The van der Waals surface area contributed by atoms with Crippen LogP contribution in [-0.2, 0) is 16.1 Å². The van der Waals surface area contributed by atoms with Gasteiger partial charge in [0, 0.05) is 12.5 Å². The maximum absolute atomic E-state index is 12.6. The topological polar surface area (TPSA) is 101 Å². The summed E-state index contributed by atoms with van der Waals surface area (Å²) in [5.74, 6) is -0.624. The standard InChI is InChI=1S/C21H27N3O4/c25-19(13-24-14-22-18-9-5-4-8-17(18)21(24)28)23-16(10-11-20(26)27)12-15-6-2-1-3-7-15/h4-5,8-9,14-16H,1-3,6-7,10-13H2,(H,23,25)(H,26,27). The van der Waals surface area contributed by atoms with E-state index in [1.165, 1.54) is 30.2 Å². The fourth-order valence-electron chi connectivity index (χ4n) is 4.02. The lowest BCUT2D eigenvalue weighted by atomic mass is 9.84. The zero-order valence-corrected chi connectivity index (χ0v) is 16.0. The van der Waals surface area contributed by atoms with Gasteiger partial charge in [-0.25, -0.2) is 4.98 Å². The zero-order valence-electron chi connectivity index (χ0n) is 16.0. The van der Waals surface area contributed by atoms with E-state index in [2.05, 4.69) is 10.3 Å². The van der Waals surface area contributed by atoms with Crippen LogP contribution in [0.5, 0.6) is 0 Å². The number of hydrogen-bond acceptors (Lipinski definition) is 4. The van der Waals surface area contributed by atoms with Crippen LogP contribution in [0.2, 0.25) is 0 Å². The van der Waals surface area contributed by atoms with Crippen LogP contribution in [0.15, 0.2) is 35.4 Å². The van der Waals surface area contributed by atoms with Crippen molar-refractivity contribution in [1.82, 2.24) is 14.9 Å². The number of carboxylic acids is 1. The predicted octanol–water partition coefficient (Wildman–Crippen LogP) is 2.72. The summed E-state index contributed by atoms with van der Waals surface area (Å²) in [7, 11) is 0. The van der Waals surface area contributed by atoms with E-state index < -0.39 is 5.97 Å². The Labute approximate surface area is 163 Å². The van der Waals surface area contributed by atoms with Crippen molar-refractivity contribution in [1.29, 1.82) is 0 Å². The van der Waals surface area contributed by atoms with Crippen LogP contribution >= 0.6 is 0 Å². The molecule has 1 aromatic heterocycles. The molecule has 1 amide bonds. The second-order valence-electron chi connectivity index (χ2n) is 7.63. The molecule has 28 heavy (non-hydrogen) atoms. The Hall–Kier alpha value is -2.70. The first-order valence-corrected chi connectivity index (χ1v) is 9.98. The van der Waals surface area contributed by atoms with Gasteiger partial charge in [-0.15, -0.1) is 0 Å². The number of para-hydroxylation sites is 1. The van der Waals surface area contributed by atoms with Gasteiger partial charge in [-0.05, 0) is 30.9 Å². The second-order valence-corrected chi connectivity index (χ2v) is 7.63. The quantitative estimate of drug-likeness (QED) is 0.727. The molecule has 1 heterocycles. The minimum Gasteiger partial charge on any atom is -0.481 e. The molecule has 0 bridgehead atoms. The smallest absolute Gasteiger partial charge is 0.303 e. The molecule has 7 heteroatoms. The summed E-state index contributed by atoms with van der Waals surface area (Å²) >= 11 is 0. The molecule has 150 valence electrons. The maximum atomic E-state index is 12.6. The van der Waals surface area contributed by atoms with Crippen molar-refractivity contribution >= 4 is 22.8 Å². The monoisotopic (exact) mass is 385 g/mol. The normalized spacial score (nSPS) is 16.0. The number of hydrogen-bond donors (Lipinski definition) is 2. The molecule has 1 fully saturated rings. The fourth-order valence-corrected chi connectivity index (χ4v) is 4.02. The highest BCUT2D eigenvalue weighted by atomic mass is 16.4. The average Bonchev–Trinajstić information content (AvgIpc) is 2.69. The molecule has 1 aromatic carbocycles. The number of nitrogens with one attached hydrogen (secondary N) is 1. The van der Waals surface area contributed by atoms with Gasteiger partial charge in [0.25, 0.3) is 5.56 Å². The number of benzene rings is 1. The Morgan fingerprint density at radius 3 is 2.71 bits per heavy atom. The first-order valence-electron chi connectivity index (χ1n) is 9.98. The van der Waals surface area contributed by atoms with E-state index in [0.29, 0.717) is 23.2 Å². The molecule has 1 aliphatic rings. The van der Waals surface area contributed by atoms with Gasteiger partial charge in [0.15, 0.2) is 0 Å². The summed E-state index contributed by atoms with van der Waals surface area (Å²) in [4.78, 5) is 40.3. The highest BCUT2D eigenvalue weighted by Crippen LogP contribution is 2.28. The SMILES string of the molecule is O=C(O)CCC(CC1CCCCC1)NC(=O)Cn1cnc2ccccc2c1=O. The summed E-state index contributed by atoms with van der Waals surface area (Å²) in [5, 5.41) is 12.4. The molecule has 0 saturated heterocycles. The van der Waals surface area contributed by atoms with Gasteiger partial charge < -0.3 is 10.4 Å². The molecular weight excluding hydrogens is 358 g/mol. The first-order chi connectivity index (χ1) is 13.5. The van der Waals surface area contributed by atoms with Crippen molar-refractivity contribution < 1.29 is 14.7 Å². The van der Waals surface area contributed by atoms with Crippen molar-refractivity contribution in [2.45, 2.75) is 64.0 Å². The van der Waals surface area contributed by atoms with Gasteiger partial charge in [0.2, 0.25) is 5.91 Å². The Morgan fingerprint density at radius 1 is 1.21 bits per heavy atom. The summed E-state index contributed by atoms with van der Waals surface area (Å²) < 4.78 is 1.30. The van der Waals surface area contributed by atoms with E-state index >= 15 is 0 Å². The lowest BCUT2D eigenvalue weighted by molar-refractivity contribution is -0.137. The van der Waals surface area contributed by atoms with Gasteiger partial charge in [-0.3, -0.25) is 19.0 Å². The molecule has 7 nitrogen and oxygen atoms in total. The largest absolute Gasteiger partial charge is 0.481 e. The first kappa shape index (κ1) is 20.0. The predicted molar refractivity (Wildman–Crippen MR) is 106 cm³/mol. The van der Waals surface area contributed by atoms with Crippen LogP contribution in [0.1, 0.15) is 51.4 Å². The molecule has 1 unspecified atom stereocenters. The molecule has 0 aliphatic heterocycles. The minimum absolute atomic E-state index is 0.0230. The van der Waals surface area contributed by atoms with Crippen molar-refractivity contribution in [3.63, 3.8) is 0 Å². The lowest BCUT2D eigenvalue weighted by Crippen LogP contribution is -2.40. The maximum Gasteiger partial charge on any atom is 0.303 e. The van der Waals surface area contributed by atoms with Crippen LogP contribution < -0.4 is 10.9 Å². The Kier molecular flexibility index (Phi) is 6.79. The molecule has 2 aromatic rings. The highest BCUT2D eigenvalue weighted by Gasteiger charge is 2.21. The number of rotatable bonds is 8. The number of nitrogens with zero attached hydrogens (tertiary/aromatic N) is 2. The van der Waals surface area contributed by atoms with E-state index in [4.69, 9.17) is 5.11 Å². The van der Waals surface area contributed by atoms with Crippen LogP contribution in [0.25, 0.3) is 10.9 Å². The fraction of sp³-hybridized carbons (Fsp3) is 0.524. The van der Waals surface area contributed by atoms with E-state index in [0.717, 1.165) is 19.3 Å². The van der Waals surface area contributed by atoms with E-state index in [1.807, 2.05) is 6.07 Å². The average molecular weight is 385 g/mol. The molecule has 0 radical (unpaired) electrons. The number of aliphatic carboxylic acids is 1. The molecule has 2 N–H and O–H groups in total. The lowest BCUT2D eigenvalue weighted by Gasteiger charge is -2.27. The van der Waals surface area contributed by atoms with E-state index in [-0.39, 0.29) is 30.5 Å². The Balaban J connectivity index is 1.66. The zero-order chi connectivity index (χ0) is 19.9. The summed E-state index contributed by atoms with van der Waals surface area (Å²) in [6.07, 6.45) is 8.52. The summed E-state index contributed by atoms with van der Waals surface area (Å²) in [5.41, 5.74) is 0.343. The number of aromatic nitrogens is 2. The molecular formula is C21H27N3O4. The Bertz CT molecular complexity index is 887. The van der Waals surface area contributed by atoms with Crippen LogP contribution in [-0.4, -0.2) is 32.6 Å². The number of carboxylic acid groups (broad SMARTS) is 1. The third-order valence-corrected chi connectivity index (χ3v) is 5.46. The minimum atomic E-state index is -0.863. The third kappa shape index (κ3) is 5.41. The van der Waals surface area contributed by atoms with Crippen LogP contribution in [0.3, 0.4) is 0 Å². The summed E-state index contributed by atoms with van der Waals surface area (Å²) in [6.45, 7) is -0.120. The van der Waals surface area contributed by atoms with Gasteiger partial charge in [0.1, 0.15) is 6.54 Å². The molecule has 1 saturated carbocycles. The highest BCUT2D eigenvalue weighted by molar-refractivity contribution is 5.79. The van der Waals surface area contributed by atoms with Gasteiger partial charge >= 0.3 is 5.97 Å².